The van der Waals surface area contributed by atoms with Crippen LogP contribution in [0, 0.1) is 11.3 Å². The van der Waals surface area contributed by atoms with Gasteiger partial charge >= 0.3 is 5.97 Å². The largest absolute Gasteiger partial charge is 0.463 e. The van der Waals surface area contributed by atoms with Crippen LogP contribution in [-0.4, -0.2) is 36.2 Å². The first-order valence-corrected chi connectivity index (χ1v) is 7.98. The number of carbonyl (C=O) groups excluding carboxylic acids is 1. The second kappa shape index (κ2) is 6.31. The molecule has 9 heteroatoms. The van der Waals surface area contributed by atoms with E-state index in [1.54, 1.807) is 6.34 Å². The molecule has 122 valence electrons. The lowest BCUT2D eigenvalue weighted by Gasteiger charge is -2.30. The van der Waals surface area contributed by atoms with Gasteiger partial charge in [-0.25, -0.2) is 0 Å². The van der Waals surface area contributed by atoms with Crippen LogP contribution >= 0.6 is 15.9 Å². The van der Waals surface area contributed by atoms with Crippen molar-refractivity contribution in [1.29, 1.82) is 5.26 Å². The molecule has 0 radical (unpaired) electrons. The molecule has 3 rings (SSSR count). The van der Waals surface area contributed by atoms with Crippen molar-refractivity contribution in [2.45, 2.75) is 38.3 Å². The molecule has 1 saturated heterocycles. The highest BCUT2D eigenvalue weighted by Gasteiger charge is 2.36. The topological polar surface area (TPSA) is 117 Å². The lowest BCUT2D eigenvalue weighted by atomic mass is 10.1. The summed E-state index contributed by atoms with van der Waals surface area (Å²) in [4.78, 5) is 20.1. The van der Waals surface area contributed by atoms with Crippen molar-refractivity contribution in [3.8, 4) is 6.07 Å². The quantitative estimate of drug-likeness (QED) is 0.766. The Morgan fingerprint density at radius 3 is 3.17 bits per heavy atom. The monoisotopic (exact) mass is 381 g/mol. The van der Waals surface area contributed by atoms with Crippen LogP contribution in [0.1, 0.15) is 37.1 Å². The van der Waals surface area contributed by atoms with E-state index in [1.807, 2.05) is 4.90 Å². The van der Waals surface area contributed by atoms with Crippen molar-refractivity contribution in [2.24, 2.45) is 10.7 Å². The van der Waals surface area contributed by atoms with Crippen LogP contribution in [0.3, 0.4) is 0 Å². The average Bonchev–Trinajstić information content (AvgIpc) is 3.10. The molecule has 0 saturated carbocycles. The standard InChI is InChI=1S/C14H16BrN5O3/c1-7(21)22-5-8-2-3-10(23-8)20-6-18-13(17)11-9(4-16)12(15)19-14(11)20/h6,8,10,13,19H,2-3,5,17H2,1H3/t8-,10-,13-/m0/s1. The molecule has 1 aromatic heterocycles. The van der Waals surface area contributed by atoms with Gasteiger partial charge < -0.3 is 20.2 Å². The fourth-order valence-corrected chi connectivity index (χ4v) is 3.28. The fraction of sp³-hybridized carbons (Fsp3) is 0.500. The zero-order valence-corrected chi connectivity index (χ0v) is 14.0. The van der Waals surface area contributed by atoms with Gasteiger partial charge in [0.25, 0.3) is 0 Å². The highest BCUT2D eigenvalue weighted by molar-refractivity contribution is 9.10. The van der Waals surface area contributed by atoms with Gasteiger partial charge in [0.2, 0.25) is 0 Å². The first-order chi connectivity index (χ1) is 11.0. The van der Waals surface area contributed by atoms with Crippen LogP contribution in [0.5, 0.6) is 0 Å². The van der Waals surface area contributed by atoms with E-state index in [9.17, 15) is 10.1 Å². The molecule has 2 aliphatic heterocycles. The SMILES string of the molecule is CC(=O)OC[C@@H]1CC[C@@H](N2C=N[C@H](N)c3c2[nH]c(Br)c3C#N)O1. The van der Waals surface area contributed by atoms with E-state index in [0.717, 1.165) is 12.8 Å². The van der Waals surface area contributed by atoms with Gasteiger partial charge in [-0.1, -0.05) is 0 Å². The first kappa shape index (κ1) is 16.0. The molecule has 3 atom stereocenters. The van der Waals surface area contributed by atoms with E-state index in [4.69, 9.17) is 15.2 Å². The third-order valence-electron chi connectivity index (χ3n) is 3.86. The van der Waals surface area contributed by atoms with Gasteiger partial charge in [0.05, 0.1) is 23.6 Å². The number of carbonyl (C=O) groups is 1. The van der Waals surface area contributed by atoms with Gasteiger partial charge in [-0.05, 0) is 28.8 Å². The maximum absolute atomic E-state index is 10.9. The molecule has 1 aromatic rings. The molecule has 0 bridgehead atoms. The van der Waals surface area contributed by atoms with Crippen molar-refractivity contribution in [3.63, 3.8) is 0 Å². The minimum atomic E-state index is -0.586. The van der Waals surface area contributed by atoms with Crippen molar-refractivity contribution in [3.05, 3.63) is 15.7 Å². The second-order valence-electron chi connectivity index (χ2n) is 5.40. The predicted molar refractivity (Wildman–Crippen MR) is 85.6 cm³/mol. The summed E-state index contributed by atoms with van der Waals surface area (Å²) in [5.74, 6) is 0.380. The molecule has 1 fully saturated rings. The minimum Gasteiger partial charge on any atom is -0.463 e. The summed E-state index contributed by atoms with van der Waals surface area (Å²) in [6, 6.07) is 2.13. The smallest absolute Gasteiger partial charge is 0.302 e. The van der Waals surface area contributed by atoms with Crippen LogP contribution in [0.2, 0.25) is 0 Å². The van der Waals surface area contributed by atoms with Gasteiger partial charge in [-0.2, -0.15) is 5.26 Å². The van der Waals surface area contributed by atoms with Gasteiger partial charge in [0.15, 0.2) is 0 Å². The van der Waals surface area contributed by atoms with E-state index in [-0.39, 0.29) is 24.9 Å². The first-order valence-electron chi connectivity index (χ1n) is 7.18. The van der Waals surface area contributed by atoms with Gasteiger partial charge in [-0.3, -0.25) is 14.7 Å². The van der Waals surface area contributed by atoms with E-state index in [1.165, 1.54) is 6.92 Å². The molecule has 0 amide bonds. The number of esters is 1. The van der Waals surface area contributed by atoms with E-state index in [2.05, 4.69) is 32.0 Å². The molecule has 0 aromatic carbocycles. The Balaban J connectivity index is 1.79. The second-order valence-corrected chi connectivity index (χ2v) is 6.19. The third kappa shape index (κ3) is 2.97. The third-order valence-corrected chi connectivity index (χ3v) is 4.45. The number of hydrogen-bond donors (Lipinski definition) is 2. The van der Waals surface area contributed by atoms with Crippen molar-refractivity contribution >= 4 is 34.1 Å². The van der Waals surface area contributed by atoms with Gasteiger partial charge in [0, 0.05) is 6.92 Å². The molecule has 0 aliphatic carbocycles. The van der Waals surface area contributed by atoms with Crippen LogP contribution in [0.15, 0.2) is 9.60 Å². The summed E-state index contributed by atoms with van der Waals surface area (Å²) in [7, 11) is 0. The number of hydrogen-bond acceptors (Lipinski definition) is 7. The zero-order valence-electron chi connectivity index (χ0n) is 12.5. The molecule has 3 N–H and O–H groups in total. The van der Waals surface area contributed by atoms with Crippen LogP contribution in [0.4, 0.5) is 5.82 Å². The number of halogens is 1. The summed E-state index contributed by atoms with van der Waals surface area (Å²) in [5, 5.41) is 9.29. The molecule has 3 heterocycles. The number of aliphatic imine (C=N–C) groups is 1. The molecule has 0 spiro atoms. The summed E-state index contributed by atoms with van der Waals surface area (Å²) in [6.45, 7) is 1.61. The number of nitriles is 1. The number of fused-ring (bicyclic) bond motifs is 1. The molecule has 2 aliphatic rings. The van der Waals surface area contributed by atoms with E-state index in [0.29, 0.717) is 21.5 Å². The Morgan fingerprint density at radius 1 is 1.70 bits per heavy atom. The number of nitrogens with two attached hydrogens (primary N) is 1. The number of ether oxygens (including phenoxy) is 2. The number of nitrogens with one attached hydrogen (secondary N) is 1. The summed E-state index contributed by atoms with van der Waals surface area (Å²) < 4.78 is 11.5. The Bertz CT molecular complexity index is 695. The number of aromatic amines is 1. The zero-order chi connectivity index (χ0) is 16.6. The minimum absolute atomic E-state index is 0.148. The average molecular weight is 382 g/mol. The Morgan fingerprint density at radius 2 is 2.48 bits per heavy atom. The van der Waals surface area contributed by atoms with Gasteiger partial charge in [-0.15, -0.1) is 0 Å². The van der Waals surface area contributed by atoms with Crippen molar-refractivity contribution < 1.29 is 14.3 Å². The predicted octanol–water partition coefficient (Wildman–Crippen LogP) is 1.52. The highest BCUT2D eigenvalue weighted by Crippen LogP contribution is 2.38. The van der Waals surface area contributed by atoms with Gasteiger partial charge in [0.1, 0.15) is 35.5 Å². The maximum atomic E-state index is 10.9. The molecule has 8 nitrogen and oxygen atoms in total. The number of anilines is 1. The van der Waals surface area contributed by atoms with Crippen LogP contribution in [0.25, 0.3) is 0 Å². The maximum Gasteiger partial charge on any atom is 0.302 e. The Hall–Kier alpha value is -1.89. The Labute approximate surface area is 141 Å². The summed E-state index contributed by atoms with van der Waals surface area (Å²) in [6.07, 6.45) is 2.17. The number of H-pyrrole nitrogens is 1. The molecule has 23 heavy (non-hydrogen) atoms. The molecular weight excluding hydrogens is 366 g/mol. The lowest BCUT2D eigenvalue weighted by molar-refractivity contribution is -0.144. The lowest BCUT2D eigenvalue weighted by Crippen LogP contribution is -2.38. The van der Waals surface area contributed by atoms with Crippen molar-refractivity contribution in [1.82, 2.24) is 4.98 Å². The van der Waals surface area contributed by atoms with Crippen molar-refractivity contribution in [2.75, 3.05) is 11.5 Å². The summed E-state index contributed by atoms with van der Waals surface area (Å²) >= 11 is 3.34. The van der Waals surface area contributed by atoms with Crippen LogP contribution in [-0.2, 0) is 14.3 Å². The van der Waals surface area contributed by atoms with E-state index >= 15 is 0 Å². The number of rotatable bonds is 3. The number of aromatic nitrogens is 1. The normalized spacial score (nSPS) is 26.0. The highest BCUT2D eigenvalue weighted by atomic mass is 79.9. The van der Waals surface area contributed by atoms with Crippen LogP contribution < -0.4 is 10.6 Å². The fourth-order valence-electron chi connectivity index (χ4n) is 2.79. The Kier molecular flexibility index (Phi) is 4.39. The molecule has 0 unspecified atom stereocenters. The summed E-state index contributed by atoms with van der Waals surface area (Å²) in [5.41, 5.74) is 7.09. The molecular formula is C14H16BrN5O3. The van der Waals surface area contributed by atoms with E-state index < -0.39 is 6.17 Å². The number of nitrogens with zero attached hydrogens (tertiary/aromatic N) is 3.